The Balaban J connectivity index is 2.46. The van der Waals surface area contributed by atoms with Gasteiger partial charge in [0.25, 0.3) is 0 Å². The third-order valence-electron chi connectivity index (χ3n) is 2.80. The van der Waals surface area contributed by atoms with Gasteiger partial charge >= 0.3 is 6.18 Å². The maximum Gasteiger partial charge on any atom is 0.416 e. The number of benzene rings is 1. The Morgan fingerprint density at radius 2 is 1.90 bits per heavy atom. The van der Waals surface area contributed by atoms with Crippen LogP contribution in [0.2, 0.25) is 0 Å². The summed E-state index contributed by atoms with van der Waals surface area (Å²) in [6.45, 7) is 1.74. The SMILES string of the molecule is Cc1ccc(C(=O)c2cc(C(F)(F)F)ccc2N)cn1. The molecule has 0 atom stereocenters. The van der Waals surface area contributed by atoms with Crippen LogP contribution in [0.15, 0.2) is 36.5 Å². The number of nitrogens with zero attached hydrogens (tertiary/aromatic N) is 1. The number of anilines is 1. The molecule has 0 amide bonds. The van der Waals surface area contributed by atoms with Crippen LogP contribution in [0.1, 0.15) is 27.2 Å². The number of hydrogen-bond acceptors (Lipinski definition) is 3. The van der Waals surface area contributed by atoms with Crippen molar-refractivity contribution in [1.82, 2.24) is 4.98 Å². The lowest BCUT2D eigenvalue weighted by atomic mass is 10.0. The molecule has 3 nitrogen and oxygen atoms in total. The molecule has 0 aliphatic rings. The van der Waals surface area contributed by atoms with E-state index in [4.69, 9.17) is 5.73 Å². The molecule has 2 rings (SSSR count). The lowest BCUT2D eigenvalue weighted by molar-refractivity contribution is -0.137. The molecule has 2 N–H and O–H groups in total. The van der Waals surface area contributed by atoms with Gasteiger partial charge in [-0.1, -0.05) is 0 Å². The normalized spacial score (nSPS) is 11.4. The number of aromatic nitrogens is 1. The highest BCUT2D eigenvalue weighted by atomic mass is 19.4. The molecule has 20 heavy (non-hydrogen) atoms. The maximum absolute atomic E-state index is 12.7. The summed E-state index contributed by atoms with van der Waals surface area (Å²) in [6.07, 6.45) is -3.20. The maximum atomic E-state index is 12.7. The van der Waals surface area contributed by atoms with Gasteiger partial charge in [-0.15, -0.1) is 0 Å². The van der Waals surface area contributed by atoms with Gasteiger partial charge in [-0.3, -0.25) is 9.78 Å². The van der Waals surface area contributed by atoms with Gasteiger partial charge in [-0.2, -0.15) is 13.2 Å². The summed E-state index contributed by atoms with van der Waals surface area (Å²) in [4.78, 5) is 16.1. The molecule has 0 aliphatic carbocycles. The quantitative estimate of drug-likeness (QED) is 0.678. The number of aryl methyl sites for hydroxylation is 1. The molecule has 0 radical (unpaired) electrons. The van der Waals surface area contributed by atoms with Crippen molar-refractivity contribution in [2.45, 2.75) is 13.1 Å². The van der Waals surface area contributed by atoms with Crippen molar-refractivity contribution >= 4 is 11.5 Å². The lowest BCUT2D eigenvalue weighted by Crippen LogP contribution is -2.11. The highest BCUT2D eigenvalue weighted by molar-refractivity contribution is 6.12. The summed E-state index contributed by atoms with van der Waals surface area (Å²) in [5.74, 6) is -0.582. The summed E-state index contributed by atoms with van der Waals surface area (Å²) in [5.41, 5.74) is 5.42. The topological polar surface area (TPSA) is 56.0 Å². The second-order valence-electron chi connectivity index (χ2n) is 4.32. The van der Waals surface area contributed by atoms with Gasteiger partial charge in [0, 0.05) is 28.7 Å². The van der Waals surface area contributed by atoms with Crippen molar-refractivity contribution in [3.63, 3.8) is 0 Å². The summed E-state index contributed by atoms with van der Waals surface area (Å²) < 4.78 is 38.0. The van der Waals surface area contributed by atoms with E-state index in [2.05, 4.69) is 4.98 Å². The van der Waals surface area contributed by atoms with Gasteiger partial charge in [0.05, 0.1) is 5.56 Å². The van der Waals surface area contributed by atoms with E-state index in [1.807, 2.05) is 0 Å². The minimum Gasteiger partial charge on any atom is -0.398 e. The number of hydrogen-bond donors (Lipinski definition) is 1. The van der Waals surface area contributed by atoms with Crippen molar-refractivity contribution < 1.29 is 18.0 Å². The molecule has 1 heterocycles. The van der Waals surface area contributed by atoms with Crippen LogP contribution in [0.5, 0.6) is 0 Å². The van der Waals surface area contributed by atoms with Crippen LogP contribution in [-0.2, 0) is 6.18 Å². The molecule has 0 unspecified atom stereocenters. The number of nitrogen functional groups attached to an aromatic ring is 1. The highest BCUT2D eigenvalue weighted by Gasteiger charge is 2.31. The van der Waals surface area contributed by atoms with E-state index in [1.54, 1.807) is 13.0 Å². The van der Waals surface area contributed by atoms with E-state index in [0.717, 1.165) is 18.2 Å². The summed E-state index contributed by atoms with van der Waals surface area (Å²) in [7, 11) is 0. The molecule has 0 bridgehead atoms. The fourth-order valence-electron chi connectivity index (χ4n) is 1.69. The van der Waals surface area contributed by atoms with Gasteiger partial charge in [0.15, 0.2) is 5.78 Å². The smallest absolute Gasteiger partial charge is 0.398 e. The zero-order valence-corrected chi connectivity index (χ0v) is 10.5. The molecule has 0 saturated heterocycles. The van der Waals surface area contributed by atoms with Crippen LogP contribution in [0.4, 0.5) is 18.9 Å². The van der Waals surface area contributed by atoms with E-state index < -0.39 is 17.5 Å². The van der Waals surface area contributed by atoms with E-state index in [-0.39, 0.29) is 16.8 Å². The molecule has 0 fully saturated rings. The highest BCUT2D eigenvalue weighted by Crippen LogP contribution is 2.31. The summed E-state index contributed by atoms with van der Waals surface area (Å²) in [5, 5.41) is 0. The number of rotatable bonds is 2. The van der Waals surface area contributed by atoms with Crippen molar-refractivity contribution in [3.05, 3.63) is 58.9 Å². The number of alkyl halides is 3. The first-order valence-corrected chi connectivity index (χ1v) is 5.73. The number of carbonyl (C=O) groups excluding carboxylic acids is 1. The third kappa shape index (κ3) is 2.79. The zero-order chi connectivity index (χ0) is 14.9. The van der Waals surface area contributed by atoms with Gasteiger partial charge < -0.3 is 5.73 Å². The van der Waals surface area contributed by atoms with E-state index in [1.165, 1.54) is 12.3 Å². The minimum absolute atomic E-state index is 0.00331. The number of pyridine rings is 1. The van der Waals surface area contributed by atoms with Gasteiger partial charge in [-0.05, 0) is 37.3 Å². The van der Waals surface area contributed by atoms with E-state index in [9.17, 15) is 18.0 Å². The molecule has 0 spiro atoms. The number of nitrogens with two attached hydrogens (primary N) is 1. The van der Waals surface area contributed by atoms with Gasteiger partial charge in [0.1, 0.15) is 0 Å². The molecule has 1 aromatic heterocycles. The van der Waals surface area contributed by atoms with Crippen molar-refractivity contribution in [3.8, 4) is 0 Å². The van der Waals surface area contributed by atoms with Gasteiger partial charge in [0.2, 0.25) is 0 Å². The number of ketones is 1. The Labute approximate surface area is 113 Å². The van der Waals surface area contributed by atoms with Crippen LogP contribution in [-0.4, -0.2) is 10.8 Å². The van der Waals surface area contributed by atoms with Crippen LogP contribution in [0.3, 0.4) is 0 Å². The predicted octanol–water partition coefficient (Wildman–Crippen LogP) is 3.22. The fourth-order valence-corrected chi connectivity index (χ4v) is 1.69. The van der Waals surface area contributed by atoms with Crippen LogP contribution >= 0.6 is 0 Å². The molecule has 104 valence electrons. The minimum atomic E-state index is -4.52. The first kappa shape index (κ1) is 14.0. The Morgan fingerprint density at radius 3 is 2.45 bits per heavy atom. The lowest BCUT2D eigenvalue weighted by Gasteiger charge is -2.10. The third-order valence-corrected chi connectivity index (χ3v) is 2.80. The molecular formula is C14H11F3N2O. The van der Waals surface area contributed by atoms with Crippen LogP contribution in [0, 0.1) is 6.92 Å². The molecule has 0 saturated carbocycles. The van der Waals surface area contributed by atoms with Crippen molar-refractivity contribution in [2.75, 3.05) is 5.73 Å². The predicted molar refractivity (Wildman–Crippen MR) is 68.3 cm³/mol. The molecule has 1 aromatic carbocycles. The number of halogens is 3. The van der Waals surface area contributed by atoms with E-state index >= 15 is 0 Å². The standard InChI is InChI=1S/C14H11F3N2O/c1-8-2-3-9(7-19-8)13(20)11-6-10(14(15,16)17)4-5-12(11)18/h2-7H,18H2,1H3. The Morgan fingerprint density at radius 1 is 1.20 bits per heavy atom. The zero-order valence-electron chi connectivity index (χ0n) is 10.5. The Kier molecular flexibility index (Phi) is 3.48. The first-order valence-electron chi connectivity index (χ1n) is 5.73. The first-order chi connectivity index (χ1) is 9.29. The average Bonchev–Trinajstić information content (AvgIpc) is 2.38. The molecule has 2 aromatic rings. The average molecular weight is 280 g/mol. The second-order valence-corrected chi connectivity index (χ2v) is 4.32. The fraction of sp³-hybridized carbons (Fsp3) is 0.143. The molecular weight excluding hydrogens is 269 g/mol. The largest absolute Gasteiger partial charge is 0.416 e. The number of carbonyl (C=O) groups is 1. The van der Waals surface area contributed by atoms with Crippen LogP contribution in [0.25, 0.3) is 0 Å². The Hall–Kier alpha value is -2.37. The Bertz CT molecular complexity index is 648. The molecule has 0 aliphatic heterocycles. The molecule has 6 heteroatoms. The monoisotopic (exact) mass is 280 g/mol. The van der Waals surface area contributed by atoms with Crippen molar-refractivity contribution in [1.29, 1.82) is 0 Å². The summed E-state index contributed by atoms with van der Waals surface area (Å²) >= 11 is 0. The van der Waals surface area contributed by atoms with Crippen molar-refractivity contribution in [2.24, 2.45) is 0 Å². The van der Waals surface area contributed by atoms with Gasteiger partial charge in [-0.25, -0.2) is 0 Å². The second kappa shape index (κ2) is 4.96. The van der Waals surface area contributed by atoms with Crippen LogP contribution < -0.4 is 5.73 Å². The summed E-state index contributed by atoms with van der Waals surface area (Å²) in [6, 6.07) is 5.80. The van der Waals surface area contributed by atoms with E-state index in [0.29, 0.717) is 5.69 Å².